The molecule has 1 aliphatic heterocycles. The minimum absolute atomic E-state index is 0.0000420. The third kappa shape index (κ3) is 5.73. The third-order valence-corrected chi connectivity index (χ3v) is 5.67. The van der Waals surface area contributed by atoms with Gasteiger partial charge in [-0.05, 0) is 53.7 Å². The number of aromatic nitrogens is 1. The number of alkyl halides is 3. The standard InChI is InChI=1S/C23H25F3N2O8S/c1-21(2,3)34-19(30)27-12-11-15(36-37(32,33)23(24,25)26)16-13-9-7-8-10-14(13)28(17(16)18(27)29)20(31)35-22(4,5)6/h7-11H,12H2,1-6H3. The minimum atomic E-state index is -6.19. The summed E-state index contributed by atoms with van der Waals surface area (Å²) >= 11 is 0. The highest BCUT2D eigenvalue weighted by Crippen LogP contribution is 2.38. The molecule has 2 aromatic rings. The van der Waals surface area contributed by atoms with Gasteiger partial charge in [0.1, 0.15) is 16.9 Å². The van der Waals surface area contributed by atoms with Crippen LogP contribution in [0.3, 0.4) is 0 Å². The van der Waals surface area contributed by atoms with E-state index in [0.29, 0.717) is 4.90 Å². The maximum absolute atomic E-state index is 13.7. The van der Waals surface area contributed by atoms with Crippen molar-refractivity contribution in [1.29, 1.82) is 0 Å². The molecule has 0 aliphatic carbocycles. The van der Waals surface area contributed by atoms with Crippen LogP contribution in [0.15, 0.2) is 30.3 Å². The van der Waals surface area contributed by atoms with Gasteiger partial charge in [-0.3, -0.25) is 4.79 Å². The lowest BCUT2D eigenvalue weighted by Gasteiger charge is -2.25. The van der Waals surface area contributed by atoms with Crippen molar-refractivity contribution in [3.63, 3.8) is 0 Å². The molecule has 37 heavy (non-hydrogen) atoms. The normalized spacial score (nSPS) is 15.1. The van der Waals surface area contributed by atoms with E-state index in [9.17, 15) is 36.0 Å². The summed E-state index contributed by atoms with van der Waals surface area (Å²) in [5, 5.41) is 0.00590. The van der Waals surface area contributed by atoms with Crippen molar-refractivity contribution < 1.29 is 49.6 Å². The van der Waals surface area contributed by atoms with Crippen molar-refractivity contribution >= 4 is 44.9 Å². The Hall–Kier alpha value is -3.55. The van der Waals surface area contributed by atoms with E-state index >= 15 is 0 Å². The largest absolute Gasteiger partial charge is 0.534 e. The monoisotopic (exact) mass is 546 g/mol. The second-order valence-corrected chi connectivity index (χ2v) is 11.5. The highest BCUT2D eigenvalue weighted by molar-refractivity contribution is 7.87. The predicted octanol–water partition coefficient (Wildman–Crippen LogP) is 5.02. The van der Waals surface area contributed by atoms with Gasteiger partial charge in [-0.25, -0.2) is 19.1 Å². The van der Waals surface area contributed by atoms with Crippen LogP contribution in [0.25, 0.3) is 16.7 Å². The van der Waals surface area contributed by atoms with Crippen LogP contribution in [-0.4, -0.2) is 59.2 Å². The summed E-state index contributed by atoms with van der Waals surface area (Å²) in [4.78, 5) is 40.3. The summed E-state index contributed by atoms with van der Waals surface area (Å²) in [6.07, 6.45) is -1.45. The Bertz CT molecular complexity index is 1410. The number of para-hydroxylation sites is 1. The van der Waals surface area contributed by atoms with Gasteiger partial charge in [0.25, 0.3) is 5.91 Å². The van der Waals surface area contributed by atoms with Crippen molar-refractivity contribution in [2.75, 3.05) is 6.54 Å². The number of rotatable bonds is 2. The molecular formula is C23H25F3N2O8S. The zero-order valence-corrected chi connectivity index (χ0v) is 21.6. The first-order valence-corrected chi connectivity index (χ1v) is 12.3. The predicted molar refractivity (Wildman–Crippen MR) is 125 cm³/mol. The zero-order chi connectivity index (χ0) is 28.1. The molecule has 2 amide bonds. The Morgan fingerprint density at radius 2 is 1.46 bits per heavy atom. The molecule has 3 rings (SSSR count). The Labute approximate surface area is 210 Å². The van der Waals surface area contributed by atoms with Crippen LogP contribution in [0.2, 0.25) is 0 Å². The van der Waals surface area contributed by atoms with Gasteiger partial charge in [-0.15, -0.1) is 0 Å². The number of hydrogen-bond acceptors (Lipinski definition) is 8. The highest BCUT2D eigenvalue weighted by atomic mass is 32.2. The van der Waals surface area contributed by atoms with Gasteiger partial charge in [0.05, 0.1) is 17.6 Å². The van der Waals surface area contributed by atoms with E-state index in [1.807, 2.05) is 0 Å². The maximum atomic E-state index is 13.7. The minimum Gasteiger partial charge on any atom is -0.443 e. The molecule has 14 heteroatoms. The number of imide groups is 1. The quantitative estimate of drug-likeness (QED) is 0.380. The summed E-state index contributed by atoms with van der Waals surface area (Å²) in [5.41, 5.74) is -8.98. The average Bonchev–Trinajstić information content (AvgIpc) is 2.97. The maximum Gasteiger partial charge on any atom is 0.534 e. The number of amides is 2. The molecule has 0 saturated carbocycles. The van der Waals surface area contributed by atoms with Crippen LogP contribution in [-0.2, 0) is 23.8 Å². The number of carbonyl (C=O) groups excluding carboxylic acids is 3. The fourth-order valence-corrected chi connectivity index (χ4v) is 3.87. The molecule has 0 spiro atoms. The van der Waals surface area contributed by atoms with Crippen LogP contribution in [0.1, 0.15) is 57.6 Å². The van der Waals surface area contributed by atoms with Crippen LogP contribution in [0.4, 0.5) is 22.8 Å². The average molecular weight is 547 g/mol. The van der Waals surface area contributed by atoms with Crippen LogP contribution in [0.5, 0.6) is 0 Å². The molecule has 0 saturated heterocycles. The fraction of sp³-hybridized carbons (Fsp3) is 0.435. The van der Waals surface area contributed by atoms with Gasteiger partial charge in [0, 0.05) is 5.39 Å². The lowest BCUT2D eigenvalue weighted by atomic mass is 10.1. The SMILES string of the molecule is CC(C)(C)OC(=O)N1CC=C(OS(=O)(=O)C(F)(F)F)c2c(n(C(=O)OC(C)(C)C)c3ccccc23)C1=O. The van der Waals surface area contributed by atoms with Crippen molar-refractivity contribution in [3.8, 4) is 0 Å². The summed E-state index contributed by atoms with van der Waals surface area (Å²) in [6.45, 7) is 8.51. The molecule has 10 nitrogen and oxygen atoms in total. The molecule has 0 atom stereocenters. The van der Waals surface area contributed by atoms with Crippen molar-refractivity contribution in [1.82, 2.24) is 9.47 Å². The van der Waals surface area contributed by atoms with Gasteiger partial charge in [-0.1, -0.05) is 18.2 Å². The first kappa shape index (κ1) is 28.0. The number of hydrogen-bond donors (Lipinski definition) is 0. The Kier molecular flexibility index (Phi) is 6.88. The lowest BCUT2D eigenvalue weighted by Crippen LogP contribution is -2.42. The topological polar surface area (TPSA) is 121 Å². The molecule has 1 aromatic carbocycles. The summed E-state index contributed by atoms with van der Waals surface area (Å²) < 4.78 is 79.2. The van der Waals surface area contributed by atoms with Crippen molar-refractivity contribution in [2.24, 2.45) is 0 Å². The van der Waals surface area contributed by atoms with Crippen molar-refractivity contribution in [2.45, 2.75) is 58.3 Å². The Morgan fingerprint density at radius 1 is 0.919 bits per heavy atom. The molecule has 0 N–H and O–H groups in total. The summed E-state index contributed by atoms with van der Waals surface area (Å²) in [5.74, 6) is -2.05. The number of carbonyl (C=O) groups is 3. The molecule has 0 radical (unpaired) electrons. The number of ether oxygens (including phenoxy) is 2. The first-order chi connectivity index (χ1) is 16.7. The number of benzene rings is 1. The summed E-state index contributed by atoms with van der Waals surface area (Å²) in [6, 6.07) is 5.66. The van der Waals surface area contributed by atoms with E-state index in [1.54, 1.807) is 20.8 Å². The van der Waals surface area contributed by atoms with E-state index in [0.717, 1.165) is 10.6 Å². The van der Waals surface area contributed by atoms with Crippen molar-refractivity contribution in [3.05, 3.63) is 41.6 Å². The summed E-state index contributed by atoms with van der Waals surface area (Å²) in [7, 11) is -6.19. The first-order valence-electron chi connectivity index (χ1n) is 10.9. The fourth-order valence-electron chi connectivity index (χ4n) is 3.39. The molecule has 0 bridgehead atoms. The van der Waals surface area contributed by atoms with Gasteiger partial charge in [-0.2, -0.15) is 21.6 Å². The van der Waals surface area contributed by atoms with E-state index in [-0.39, 0.29) is 10.9 Å². The van der Waals surface area contributed by atoms with Crippen LogP contribution in [0, 0.1) is 0 Å². The van der Waals surface area contributed by atoms with E-state index in [2.05, 4.69) is 4.18 Å². The Morgan fingerprint density at radius 3 is 2.00 bits per heavy atom. The van der Waals surface area contributed by atoms with E-state index in [4.69, 9.17) is 9.47 Å². The molecule has 1 aliphatic rings. The second-order valence-electron chi connectivity index (χ2n) is 10.0. The molecule has 1 aromatic heterocycles. The van der Waals surface area contributed by atoms with E-state index < -0.39 is 68.5 Å². The molecule has 2 heterocycles. The lowest BCUT2D eigenvalue weighted by molar-refractivity contribution is -0.0509. The molecule has 202 valence electrons. The van der Waals surface area contributed by atoms with Gasteiger partial charge < -0.3 is 13.7 Å². The van der Waals surface area contributed by atoms with Gasteiger partial charge in [0.15, 0.2) is 5.76 Å². The van der Waals surface area contributed by atoms with Crippen LogP contribution >= 0.6 is 0 Å². The number of fused-ring (bicyclic) bond motifs is 3. The number of halogens is 3. The smallest absolute Gasteiger partial charge is 0.443 e. The van der Waals surface area contributed by atoms with Gasteiger partial charge in [0.2, 0.25) is 0 Å². The number of nitrogens with zero attached hydrogens (tertiary/aromatic N) is 2. The second kappa shape index (κ2) is 9.08. The molecule has 0 unspecified atom stereocenters. The third-order valence-electron chi connectivity index (χ3n) is 4.70. The van der Waals surface area contributed by atoms with Gasteiger partial charge >= 0.3 is 27.8 Å². The molecular weight excluding hydrogens is 521 g/mol. The van der Waals surface area contributed by atoms with E-state index in [1.165, 1.54) is 45.0 Å². The Balaban J connectivity index is 2.35. The highest BCUT2D eigenvalue weighted by Gasteiger charge is 2.50. The van der Waals surface area contributed by atoms with Crippen LogP contribution < -0.4 is 0 Å². The zero-order valence-electron chi connectivity index (χ0n) is 20.8. The molecule has 0 fully saturated rings.